The summed E-state index contributed by atoms with van der Waals surface area (Å²) >= 11 is 0. The summed E-state index contributed by atoms with van der Waals surface area (Å²) in [5.41, 5.74) is 0.845. The van der Waals surface area contributed by atoms with Crippen LogP contribution in [-0.4, -0.2) is 59.9 Å². The second kappa shape index (κ2) is 7.95. The van der Waals surface area contributed by atoms with E-state index in [0.29, 0.717) is 45.1 Å². The molecule has 1 N–H and O–H groups in total. The van der Waals surface area contributed by atoms with E-state index >= 15 is 0 Å². The molecule has 1 saturated heterocycles. The molecule has 1 aliphatic heterocycles. The van der Waals surface area contributed by atoms with E-state index in [0.717, 1.165) is 18.4 Å². The van der Waals surface area contributed by atoms with Crippen LogP contribution in [0, 0.1) is 5.82 Å². The zero-order chi connectivity index (χ0) is 17.8. The second-order valence-electron chi connectivity index (χ2n) is 7.01. The van der Waals surface area contributed by atoms with E-state index in [9.17, 15) is 14.0 Å². The van der Waals surface area contributed by atoms with Gasteiger partial charge in [-0.1, -0.05) is 12.1 Å². The Bertz CT molecular complexity index is 625. The Hall–Kier alpha value is -1.95. The number of rotatable bonds is 6. The van der Waals surface area contributed by atoms with E-state index in [1.807, 2.05) is 17.9 Å². The maximum atomic E-state index is 13.2. The smallest absolute Gasteiger partial charge is 0.237 e. The van der Waals surface area contributed by atoms with E-state index < -0.39 is 0 Å². The van der Waals surface area contributed by atoms with Gasteiger partial charge in [-0.15, -0.1) is 0 Å². The van der Waals surface area contributed by atoms with Crippen LogP contribution in [0.15, 0.2) is 24.3 Å². The van der Waals surface area contributed by atoms with Gasteiger partial charge in [0.25, 0.3) is 0 Å². The first-order chi connectivity index (χ1) is 12.0. The highest BCUT2D eigenvalue weighted by Crippen LogP contribution is 2.19. The van der Waals surface area contributed by atoms with Gasteiger partial charge in [0.1, 0.15) is 5.82 Å². The first kappa shape index (κ1) is 17.9. The third kappa shape index (κ3) is 5.01. The maximum absolute atomic E-state index is 13.2. The molecular formula is C19H26FN3O2. The highest BCUT2D eigenvalue weighted by molar-refractivity contribution is 5.82. The van der Waals surface area contributed by atoms with E-state index in [1.165, 1.54) is 12.1 Å². The number of nitrogens with one attached hydrogen (secondary N) is 1. The number of piperazine rings is 1. The quantitative estimate of drug-likeness (QED) is 0.850. The number of benzene rings is 1. The molecule has 3 rings (SSSR count). The molecule has 6 heteroatoms. The van der Waals surface area contributed by atoms with Crippen molar-refractivity contribution in [1.29, 1.82) is 0 Å². The highest BCUT2D eigenvalue weighted by Gasteiger charge is 2.30. The molecule has 1 saturated carbocycles. The van der Waals surface area contributed by atoms with Gasteiger partial charge in [0.15, 0.2) is 0 Å². The standard InChI is InChI=1S/C19H26FN3O2/c1-14(19(25)21-17-6-7-17)22-9-11-23(12-10-22)18(24)8-5-15-3-2-4-16(20)13-15/h2-4,13-14,17H,5-12H2,1H3,(H,21,25). The molecule has 5 nitrogen and oxygen atoms in total. The normalized spacial score (nSPS) is 19.5. The number of carbonyl (C=O) groups is 2. The van der Waals surface area contributed by atoms with Gasteiger partial charge in [0.05, 0.1) is 6.04 Å². The monoisotopic (exact) mass is 347 g/mol. The highest BCUT2D eigenvalue weighted by atomic mass is 19.1. The van der Waals surface area contributed by atoms with Crippen LogP contribution in [0.1, 0.15) is 31.7 Å². The van der Waals surface area contributed by atoms with Gasteiger partial charge in [-0.25, -0.2) is 4.39 Å². The molecule has 0 bridgehead atoms. The predicted octanol–water partition coefficient (Wildman–Crippen LogP) is 1.57. The summed E-state index contributed by atoms with van der Waals surface area (Å²) in [6.07, 6.45) is 3.12. The molecule has 25 heavy (non-hydrogen) atoms. The fourth-order valence-corrected chi connectivity index (χ4v) is 3.18. The molecule has 0 aromatic heterocycles. The average molecular weight is 347 g/mol. The van der Waals surface area contributed by atoms with Crippen LogP contribution in [0.2, 0.25) is 0 Å². The summed E-state index contributed by atoms with van der Waals surface area (Å²) in [6, 6.07) is 6.62. The lowest BCUT2D eigenvalue weighted by Crippen LogP contribution is -2.55. The van der Waals surface area contributed by atoms with Gasteiger partial charge in [0, 0.05) is 38.6 Å². The molecule has 136 valence electrons. The van der Waals surface area contributed by atoms with Gasteiger partial charge in [-0.05, 0) is 43.9 Å². The Balaban J connectivity index is 1.41. The Morgan fingerprint density at radius 3 is 2.60 bits per heavy atom. The van der Waals surface area contributed by atoms with Crippen molar-refractivity contribution in [1.82, 2.24) is 15.1 Å². The lowest BCUT2D eigenvalue weighted by Gasteiger charge is -2.37. The average Bonchev–Trinajstić information content (AvgIpc) is 3.43. The number of hydrogen-bond acceptors (Lipinski definition) is 3. The minimum Gasteiger partial charge on any atom is -0.352 e. The topological polar surface area (TPSA) is 52.7 Å². The fraction of sp³-hybridized carbons (Fsp3) is 0.579. The molecule has 1 aromatic rings. The number of amides is 2. The lowest BCUT2D eigenvalue weighted by atomic mass is 10.1. The summed E-state index contributed by atoms with van der Waals surface area (Å²) in [5, 5.41) is 3.04. The van der Waals surface area contributed by atoms with Crippen molar-refractivity contribution in [3.8, 4) is 0 Å². The molecular weight excluding hydrogens is 321 g/mol. The largest absolute Gasteiger partial charge is 0.352 e. The molecule has 0 radical (unpaired) electrons. The van der Waals surface area contributed by atoms with Crippen molar-refractivity contribution in [3.63, 3.8) is 0 Å². The number of aryl methyl sites for hydroxylation is 1. The first-order valence-electron chi connectivity index (χ1n) is 9.09. The summed E-state index contributed by atoms with van der Waals surface area (Å²) in [4.78, 5) is 28.5. The van der Waals surface area contributed by atoms with E-state index in [4.69, 9.17) is 0 Å². The summed E-state index contributed by atoms with van der Waals surface area (Å²) in [7, 11) is 0. The van der Waals surface area contributed by atoms with Gasteiger partial charge in [-0.3, -0.25) is 14.5 Å². The SMILES string of the molecule is CC(C(=O)NC1CC1)N1CCN(C(=O)CCc2cccc(F)c2)CC1. The van der Waals surface area contributed by atoms with Gasteiger partial charge < -0.3 is 10.2 Å². The maximum Gasteiger partial charge on any atom is 0.237 e. The van der Waals surface area contributed by atoms with Crippen molar-refractivity contribution in [2.24, 2.45) is 0 Å². The van der Waals surface area contributed by atoms with Crippen LogP contribution in [-0.2, 0) is 16.0 Å². The van der Waals surface area contributed by atoms with Crippen molar-refractivity contribution in [3.05, 3.63) is 35.6 Å². The van der Waals surface area contributed by atoms with Crippen LogP contribution in [0.3, 0.4) is 0 Å². The molecule has 1 atom stereocenters. The number of nitrogens with zero attached hydrogens (tertiary/aromatic N) is 2. The Morgan fingerprint density at radius 1 is 1.24 bits per heavy atom. The molecule has 2 amide bonds. The molecule has 0 spiro atoms. The molecule has 1 heterocycles. The molecule has 2 aliphatic rings. The molecule has 2 fully saturated rings. The van der Waals surface area contributed by atoms with Crippen molar-refractivity contribution >= 4 is 11.8 Å². The van der Waals surface area contributed by atoms with Gasteiger partial charge in [-0.2, -0.15) is 0 Å². The second-order valence-corrected chi connectivity index (χ2v) is 7.01. The Morgan fingerprint density at radius 2 is 1.96 bits per heavy atom. The van der Waals surface area contributed by atoms with E-state index in [2.05, 4.69) is 10.2 Å². The van der Waals surface area contributed by atoms with Crippen LogP contribution in [0.5, 0.6) is 0 Å². The number of halogens is 1. The lowest BCUT2D eigenvalue weighted by molar-refractivity contribution is -0.134. The third-order valence-corrected chi connectivity index (χ3v) is 5.03. The molecule has 1 aromatic carbocycles. The Kier molecular flexibility index (Phi) is 5.68. The van der Waals surface area contributed by atoms with Gasteiger partial charge >= 0.3 is 0 Å². The number of hydrogen-bond donors (Lipinski definition) is 1. The van der Waals surface area contributed by atoms with Crippen LogP contribution < -0.4 is 5.32 Å². The zero-order valence-electron chi connectivity index (χ0n) is 14.7. The third-order valence-electron chi connectivity index (χ3n) is 5.03. The van der Waals surface area contributed by atoms with Gasteiger partial charge in [0.2, 0.25) is 11.8 Å². The van der Waals surface area contributed by atoms with Crippen molar-refractivity contribution in [2.45, 2.75) is 44.7 Å². The fourth-order valence-electron chi connectivity index (χ4n) is 3.18. The zero-order valence-corrected chi connectivity index (χ0v) is 14.7. The minimum absolute atomic E-state index is 0.0911. The van der Waals surface area contributed by atoms with Crippen molar-refractivity contribution in [2.75, 3.05) is 26.2 Å². The molecule has 1 aliphatic carbocycles. The van der Waals surface area contributed by atoms with Crippen LogP contribution >= 0.6 is 0 Å². The summed E-state index contributed by atoms with van der Waals surface area (Å²) < 4.78 is 13.2. The van der Waals surface area contributed by atoms with Crippen LogP contribution in [0.4, 0.5) is 4.39 Å². The Labute approximate surface area is 148 Å². The number of carbonyl (C=O) groups excluding carboxylic acids is 2. The molecule has 1 unspecified atom stereocenters. The van der Waals surface area contributed by atoms with E-state index in [-0.39, 0.29) is 23.7 Å². The minimum atomic E-state index is -0.267. The summed E-state index contributed by atoms with van der Waals surface area (Å²) in [5.74, 6) is -0.0793. The van der Waals surface area contributed by atoms with E-state index in [1.54, 1.807) is 6.07 Å². The van der Waals surface area contributed by atoms with Crippen molar-refractivity contribution < 1.29 is 14.0 Å². The van der Waals surface area contributed by atoms with Crippen LogP contribution in [0.25, 0.3) is 0 Å². The predicted molar refractivity (Wildman–Crippen MR) is 93.5 cm³/mol. The first-order valence-corrected chi connectivity index (χ1v) is 9.09. The summed E-state index contributed by atoms with van der Waals surface area (Å²) in [6.45, 7) is 4.64.